The minimum absolute atomic E-state index is 0.119. The van der Waals surface area contributed by atoms with Crippen LogP contribution in [0.25, 0.3) is 0 Å². The Bertz CT molecular complexity index is 385. The summed E-state index contributed by atoms with van der Waals surface area (Å²) in [4.78, 5) is 14.3. The molecule has 0 atom stereocenters. The molecule has 96 valence electrons. The van der Waals surface area contributed by atoms with Gasteiger partial charge in [0.25, 0.3) is 5.91 Å². The predicted octanol–water partition coefficient (Wildman–Crippen LogP) is 3.70. The van der Waals surface area contributed by atoms with Crippen molar-refractivity contribution in [2.75, 3.05) is 13.1 Å². The molecule has 17 heavy (non-hydrogen) atoms. The van der Waals surface area contributed by atoms with Crippen LogP contribution < -0.4 is 0 Å². The highest BCUT2D eigenvalue weighted by molar-refractivity contribution is 9.10. The number of carbonyl (C=O) groups is 1. The van der Waals surface area contributed by atoms with Gasteiger partial charge < -0.3 is 9.47 Å². The lowest BCUT2D eigenvalue weighted by atomic mass is 10.3. The number of rotatable bonds is 5. The zero-order valence-electron chi connectivity index (χ0n) is 11.0. The molecule has 1 aromatic heterocycles. The lowest BCUT2D eigenvalue weighted by Gasteiger charge is -2.22. The van der Waals surface area contributed by atoms with Gasteiger partial charge in [-0.05, 0) is 49.2 Å². The molecule has 1 heterocycles. The van der Waals surface area contributed by atoms with Crippen molar-refractivity contribution in [3.63, 3.8) is 0 Å². The maximum Gasteiger partial charge on any atom is 0.270 e. The highest BCUT2D eigenvalue weighted by Gasteiger charge is 2.19. The van der Waals surface area contributed by atoms with Crippen LogP contribution in [0.5, 0.6) is 0 Å². The van der Waals surface area contributed by atoms with Crippen LogP contribution in [-0.4, -0.2) is 28.5 Å². The van der Waals surface area contributed by atoms with Crippen LogP contribution in [0.2, 0.25) is 0 Å². The van der Waals surface area contributed by atoms with Crippen molar-refractivity contribution in [3.05, 3.63) is 22.4 Å². The summed E-state index contributed by atoms with van der Waals surface area (Å²) in [7, 11) is 0. The third-order valence-corrected chi connectivity index (χ3v) is 3.19. The standard InChI is InChI=1S/C13H21BrN2O/c1-5-7-15(6-2)13(17)12-8-11(14)9-16(12)10(3)4/h8-10H,5-7H2,1-4H3. The van der Waals surface area contributed by atoms with E-state index in [1.807, 2.05) is 28.7 Å². The molecule has 0 spiro atoms. The van der Waals surface area contributed by atoms with Crippen molar-refractivity contribution in [1.29, 1.82) is 0 Å². The van der Waals surface area contributed by atoms with Gasteiger partial charge in [-0.15, -0.1) is 0 Å². The van der Waals surface area contributed by atoms with Crippen molar-refractivity contribution in [3.8, 4) is 0 Å². The second kappa shape index (κ2) is 6.24. The number of carbonyl (C=O) groups excluding carboxylic acids is 1. The van der Waals surface area contributed by atoms with Gasteiger partial charge in [0.15, 0.2) is 0 Å². The van der Waals surface area contributed by atoms with Gasteiger partial charge in [-0.2, -0.15) is 0 Å². The Kier molecular flexibility index (Phi) is 5.25. The molecule has 0 saturated heterocycles. The first kappa shape index (κ1) is 14.3. The average Bonchev–Trinajstić information content (AvgIpc) is 2.67. The van der Waals surface area contributed by atoms with E-state index < -0.39 is 0 Å². The van der Waals surface area contributed by atoms with Crippen LogP contribution in [0.3, 0.4) is 0 Å². The molecule has 1 rings (SSSR count). The highest BCUT2D eigenvalue weighted by atomic mass is 79.9. The Morgan fingerprint density at radius 3 is 2.59 bits per heavy atom. The maximum atomic E-state index is 12.4. The second-order valence-electron chi connectivity index (χ2n) is 4.43. The molecule has 0 aliphatic carbocycles. The Hall–Kier alpha value is -0.770. The van der Waals surface area contributed by atoms with Crippen molar-refractivity contribution in [2.45, 2.75) is 40.2 Å². The Balaban J connectivity index is 3.01. The predicted molar refractivity (Wildman–Crippen MR) is 74.4 cm³/mol. The van der Waals surface area contributed by atoms with Crippen LogP contribution in [0, 0.1) is 0 Å². The molecule has 0 aliphatic rings. The summed E-state index contributed by atoms with van der Waals surface area (Å²) in [5.41, 5.74) is 0.766. The number of aromatic nitrogens is 1. The average molecular weight is 301 g/mol. The fourth-order valence-electron chi connectivity index (χ4n) is 1.88. The molecule has 3 nitrogen and oxygen atoms in total. The molecule has 1 aromatic rings. The monoisotopic (exact) mass is 300 g/mol. The van der Waals surface area contributed by atoms with Gasteiger partial charge in [0.2, 0.25) is 0 Å². The zero-order valence-corrected chi connectivity index (χ0v) is 12.6. The molecule has 0 saturated carbocycles. The van der Waals surface area contributed by atoms with Crippen LogP contribution in [0.1, 0.15) is 50.6 Å². The smallest absolute Gasteiger partial charge is 0.270 e. The Morgan fingerprint density at radius 1 is 1.47 bits per heavy atom. The molecule has 0 aliphatic heterocycles. The lowest BCUT2D eigenvalue weighted by molar-refractivity contribution is 0.0752. The van der Waals surface area contributed by atoms with Crippen molar-refractivity contribution >= 4 is 21.8 Å². The van der Waals surface area contributed by atoms with Gasteiger partial charge in [0, 0.05) is 29.8 Å². The number of amides is 1. The fraction of sp³-hybridized carbons (Fsp3) is 0.615. The number of nitrogens with zero attached hydrogens (tertiary/aromatic N) is 2. The second-order valence-corrected chi connectivity index (χ2v) is 5.35. The van der Waals surface area contributed by atoms with E-state index in [4.69, 9.17) is 0 Å². The normalized spacial score (nSPS) is 10.9. The van der Waals surface area contributed by atoms with Crippen molar-refractivity contribution in [2.24, 2.45) is 0 Å². The summed E-state index contributed by atoms with van der Waals surface area (Å²) in [6, 6.07) is 2.20. The molecule has 0 radical (unpaired) electrons. The van der Waals surface area contributed by atoms with Gasteiger partial charge in [0.05, 0.1) is 0 Å². The van der Waals surface area contributed by atoms with Crippen LogP contribution in [0.4, 0.5) is 0 Å². The van der Waals surface area contributed by atoms with E-state index in [0.717, 1.165) is 29.7 Å². The zero-order chi connectivity index (χ0) is 13.0. The molecule has 0 fully saturated rings. The van der Waals surface area contributed by atoms with Gasteiger partial charge in [-0.1, -0.05) is 6.92 Å². The van der Waals surface area contributed by atoms with Crippen molar-refractivity contribution in [1.82, 2.24) is 9.47 Å². The summed E-state index contributed by atoms with van der Waals surface area (Å²) < 4.78 is 2.98. The third-order valence-electron chi connectivity index (χ3n) is 2.75. The van der Waals surface area contributed by atoms with Gasteiger partial charge in [0.1, 0.15) is 5.69 Å². The first-order valence-corrected chi connectivity index (χ1v) is 6.97. The molecule has 0 N–H and O–H groups in total. The van der Waals surface area contributed by atoms with E-state index in [9.17, 15) is 4.79 Å². The fourth-order valence-corrected chi connectivity index (χ4v) is 2.32. The van der Waals surface area contributed by atoms with Crippen LogP contribution >= 0.6 is 15.9 Å². The number of hydrogen-bond acceptors (Lipinski definition) is 1. The SMILES string of the molecule is CCCN(CC)C(=O)c1cc(Br)cn1C(C)C. The summed E-state index contributed by atoms with van der Waals surface area (Å²) in [6.45, 7) is 9.85. The Morgan fingerprint density at radius 2 is 2.12 bits per heavy atom. The third kappa shape index (κ3) is 3.35. The minimum Gasteiger partial charge on any atom is -0.340 e. The van der Waals surface area contributed by atoms with Crippen molar-refractivity contribution < 1.29 is 4.79 Å². The summed E-state index contributed by atoms with van der Waals surface area (Å²) in [5, 5.41) is 0. The van der Waals surface area contributed by atoms with Gasteiger partial charge in [-0.3, -0.25) is 4.79 Å². The maximum absolute atomic E-state index is 12.4. The van der Waals surface area contributed by atoms with Gasteiger partial charge >= 0.3 is 0 Å². The summed E-state index contributed by atoms with van der Waals surface area (Å²) in [6.07, 6.45) is 2.96. The largest absolute Gasteiger partial charge is 0.340 e. The molecular weight excluding hydrogens is 280 g/mol. The van der Waals surface area contributed by atoms with Crippen LogP contribution in [-0.2, 0) is 0 Å². The highest BCUT2D eigenvalue weighted by Crippen LogP contribution is 2.20. The summed E-state index contributed by atoms with van der Waals surface area (Å²) >= 11 is 3.44. The number of hydrogen-bond donors (Lipinski definition) is 0. The molecule has 0 unspecified atom stereocenters. The Labute approximate surface area is 112 Å². The summed E-state index contributed by atoms with van der Waals surface area (Å²) in [5.74, 6) is 0.119. The first-order valence-electron chi connectivity index (χ1n) is 6.17. The number of halogens is 1. The lowest BCUT2D eigenvalue weighted by Crippen LogP contribution is -2.33. The molecule has 4 heteroatoms. The molecular formula is C13H21BrN2O. The first-order chi connectivity index (χ1) is 8.01. The van der Waals surface area contributed by atoms with E-state index in [2.05, 4.69) is 36.7 Å². The van der Waals surface area contributed by atoms with E-state index >= 15 is 0 Å². The minimum atomic E-state index is 0.119. The van der Waals surface area contributed by atoms with E-state index in [-0.39, 0.29) is 5.91 Å². The molecule has 1 amide bonds. The molecule has 0 bridgehead atoms. The molecule has 0 aromatic carbocycles. The van der Waals surface area contributed by atoms with E-state index in [1.54, 1.807) is 0 Å². The van der Waals surface area contributed by atoms with Crippen LogP contribution in [0.15, 0.2) is 16.7 Å². The van der Waals surface area contributed by atoms with E-state index in [1.165, 1.54) is 0 Å². The topological polar surface area (TPSA) is 25.2 Å². The van der Waals surface area contributed by atoms with Gasteiger partial charge in [-0.25, -0.2) is 0 Å². The van der Waals surface area contributed by atoms with E-state index in [0.29, 0.717) is 6.04 Å². The quantitative estimate of drug-likeness (QED) is 0.814.